The first-order valence-corrected chi connectivity index (χ1v) is 7.78. The zero-order chi connectivity index (χ0) is 15.0. The van der Waals surface area contributed by atoms with E-state index in [0.29, 0.717) is 11.8 Å². The first kappa shape index (κ1) is 15.2. The quantitative estimate of drug-likeness (QED) is 0.843. The molecule has 0 atom stereocenters. The molecule has 0 amide bonds. The summed E-state index contributed by atoms with van der Waals surface area (Å²) in [6, 6.07) is 0. The van der Waals surface area contributed by atoms with Crippen LogP contribution in [-0.4, -0.2) is 15.2 Å². The fourth-order valence-corrected chi connectivity index (χ4v) is 2.63. The average Bonchev–Trinajstić information content (AvgIpc) is 2.81. The second-order valence-electron chi connectivity index (χ2n) is 7.62. The zero-order valence-electron chi connectivity index (χ0n) is 13.1. The molecule has 110 valence electrons. The van der Waals surface area contributed by atoms with Gasteiger partial charge in [0.1, 0.15) is 0 Å². The predicted octanol–water partition coefficient (Wildman–Crippen LogP) is 4.37. The lowest BCUT2D eigenvalue weighted by Gasteiger charge is -2.15. The van der Waals surface area contributed by atoms with Gasteiger partial charge in [-0.2, -0.15) is 0 Å². The molecule has 2 heterocycles. The van der Waals surface area contributed by atoms with Crippen molar-refractivity contribution in [2.24, 2.45) is 10.8 Å². The molecule has 0 aromatic carbocycles. The highest BCUT2D eigenvalue weighted by Gasteiger charge is 2.19. The van der Waals surface area contributed by atoms with Crippen molar-refractivity contribution in [2.75, 3.05) is 0 Å². The molecule has 0 unspecified atom stereocenters. The van der Waals surface area contributed by atoms with E-state index in [1.54, 1.807) is 11.3 Å². The summed E-state index contributed by atoms with van der Waals surface area (Å²) >= 11 is 1.57. The summed E-state index contributed by atoms with van der Waals surface area (Å²) in [5.74, 6) is 1.22. The van der Waals surface area contributed by atoms with Gasteiger partial charge in [0.05, 0.1) is 5.69 Å². The van der Waals surface area contributed by atoms with Gasteiger partial charge in [-0.25, -0.2) is 4.98 Å². The van der Waals surface area contributed by atoms with Crippen molar-refractivity contribution >= 4 is 11.3 Å². The van der Waals surface area contributed by atoms with Crippen LogP contribution in [0.4, 0.5) is 0 Å². The van der Waals surface area contributed by atoms with Crippen LogP contribution in [0.5, 0.6) is 0 Å². The highest BCUT2D eigenvalue weighted by molar-refractivity contribution is 7.13. The predicted molar refractivity (Wildman–Crippen MR) is 81.7 cm³/mol. The van der Waals surface area contributed by atoms with Crippen LogP contribution < -0.4 is 0 Å². The van der Waals surface area contributed by atoms with E-state index in [2.05, 4.69) is 62.1 Å². The van der Waals surface area contributed by atoms with E-state index < -0.39 is 0 Å². The first-order valence-electron chi connectivity index (χ1n) is 6.90. The summed E-state index contributed by atoms with van der Waals surface area (Å²) in [5.41, 5.74) is 1.47. The first-order chi connectivity index (χ1) is 9.12. The number of hydrogen-bond donors (Lipinski definition) is 0. The fourth-order valence-electron chi connectivity index (χ4n) is 1.89. The van der Waals surface area contributed by atoms with Crippen molar-refractivity contribution in [2.45, 2.75) is 54.4 Å². The van der Waals surface area contributed by atoms with Crippen molar-refractivity contribution in [3.05, 3.63) is 17.0 Å². The molecule has 0 aliphatic heterocycles. The van der Waals surface area contributed by atoms with E-state index in [-0.39, 0.29) is 10.8 Å². The fraction of sp³-hybridized carbons (Fsp3) is 0.667. The Bertz CT molecular complexity index is 520. The third-order valence-electron chi connectivity index (χ3n) is 2.59. The standard InChI is InChI=1S/C15H23N3OS/c1-14(2,3)7-10-9-20-13(16-10)12-18-17-11(19-12)8-15(4,5)6/h9H,7-8H2,1-6H3. The molecule has 0 aliphatic rings. The molecule has 0 aliphatic carbocycles. The third-order valence-corrected chi connectivity index (χ3v) is 3.47. The van der Waals surface area contributed by atoms with Gasteiger partial charge in [-0.05, 0) is 17.3 Å². The topological polar surface area (TPSA) is 51.8 Å². The number of hydrogen-bond acceptors (Lipinski definition) is 5. The van der Waals surface area contributed by atoms with Crippen LogP contribution in [0.1, 0.15) is 53.1 Å². The molecular formula is C15H23N3OS. The Labute approximate surface area is 124 Å². The Morgan fingerprint density at radius 3 is 2.25 bits per heavy atom. The van der Waals surface area contributed by atoms with E-state index in [9.17, 15) is 0 Å². The molecule has 5 heteroatoms. The van der Waals surface area contributed by atoms with Gasteiger partial charge in [-0.3, -0.25) is 0 Å². The van der Waals surface area contributed by atoms with Crippen LogP contribution >= 0.6 is 11.3 Å². The van der Waals surface area contributed by atoms with Gasteiger partial charge in [0, 0.05) is 11.8 Å². The molecule has 0 spiro atoms. The minimum atomic E-state index is 0.143. The smallest absolute Gasteiger partial charge is 0.276 e. The Morgan fingerprint density at radius 2 is 1.65 bits per heavy atom. The van der Waals surface area contributed by atoms with E-state index >= 15 is 0 Å². The van der Waals surface area contributed by atoms with Gasteiger partial charge < -0.3 is 4.42 Å². The zero-order valence-corrected chi connectivity index (χ0v) is 14.0. The monoisotopic (exact) mass is 293 g/mol. The maximum Gasteiger partial charge on any atom is 0.276 e. The number of thiazole rings is 1. The average molecular weight is 293 g/mol. The van der Waals surface area contributed by atoms with Crippen LogP contribution in [0.2, 0.25) is 0 Å². The van der Waals surface area contributed by atoms with Crippen LogP contribution in [0, 0.1) is 10.8 Å². The Morgan fingerprint density at radius 1 is 1.00 bits per heavy atom. The Balaban J connectivity index is 2.13. The van der Waals surface area contributed by atoms with Crippen LogP contribution in [0.3, 0.4) is 0 Å². The summed E-state index contributed by atoms with van der Waals surface area (Å²) < 4.78 is 5.71. The summed E-state index contributed by atoms with van der Waals surface area (Å²) in [5, 5.41) is 11.1. The summed E-state index contributed by atoms with van der Waals surface area (Å²) in [6.45, 7) is 13.1. The van der Waals surface area contributed by atoms with Gasteiger partial charge in [0.15, 0.2) is 5.01 Å². The van der Waals surface area contributed by atoms with Crippen molar-refractivity contribution < 1.29 is 4.42 Å². The van der Waals surface area contributed by atoms with Crippen LogP contribution in [0.25, 0.3) is 10.9 Å². The Hall–Kier alpha value is -1.23. The van der Waals surface area contributed by atoms with Crippen molar-refractivity contribution in [1.82, 2.24) is 15.2 Å². The van der Waals surface area contributed by atoms with Gasteiger partial charge in [0.2, 0.25) is 5.89 Å². The second kappa shape index (κ2) is 5.28. The van der Waals surface area contributed by atoms with Crippen molar-refractivity contribution in [1.29, 1.82) is 0 Å². The SMILES string of the molecule is CC(C)(C)Cc1csc(-c2nnc(CC(C)(C)C)o2)n1. The molecular weight excluding hydrogens is 270 g/mol. The van der Waals surface area contributed by atoms with Gasteiger partial charge in [-0.1, -0.05) is 41.5 Å². The molecule has 20 heavy (non-hydrogen) atoms. The van der Waals surface area contributed by atoms with Gasteiger partial charge in [0.25, 0.3) is 5.89 Å². The summed E-state index contributed by atoms with van der Waals surface area (Å²) in [4.78, 5) is 4.60. The molecule has 2 aromatic rings. The van der Waals surface area contributed by atoms with Gasteiger partial charge >= 0.3 is 0 Å². The Kier molecular flexibility index (Phi) is 4.00. The molecule has 0 bridgehead atoms. The molecule has 0 saturated carbocycles. The highest BCUT2D eigenvalue weighted by Crippen LogP contribution is 2.28. The largest absolute Gasteiger partial charge is 0.419 e. The van der Waals surface area contributed by atoms with E-state index in [4.69, 9.17) is 4.42 Å². The molecule has 2 aromatic heterocycles. The molecule has 2 rings (SSSR count). The molecule has 0 saturated heterocycles. The number of aromatic nitrogens is 3. The van der Waals surface area contributed by atoms with Crippen LogP contribution in [0.15, 0.2) is 9.80 Å². The summed E-state index contributed by atoms with van der Waals surface area (Å²) in [7, 11) is 0. The maximum absolute atomic E-state index is 5.71. The molecule has 0 fully saturated rings. The van der Waals surface area contributed by atoms with Gasteiger partial charge in [-0.15, -0.1) is 21.5 Å². The number of nitrogens with zero attached hydrogens (tertiary/aromatic N) is 3. The van der Waals surface area contributed by atoms with Crippen molar-refractivity contribution in [3.8, 4) is 10.9 Å². The van der Waals surface area contributed by atoms with Crippen molar-refractivity contribution in [3.63, 3.8) is 0 Å². The summed E-state index contributed by atoms with van der Waals surface area (Å²) in [6.07, 6.45) is 1.73. The molecule has 0 radical (unpaired) electrons. The molecule has 0 N–H and O–H groups in total. The van der Waals surface area contributed by atoms with E-state index in [1.165, 1.54) is 0 Å². The maximum atomic E-state index is 5.71. The minimum Gasteiger partial charge on any atom is -0.419 e. The lowest BCUT2D eigenvalue weighted by atomic mass is 9.91. The lowest BCUT2D eigenvalue weighted by molar-refractivity contribution is 0.357. The van der Waals surface area contributed by atoms with E-state index in [1.807, 2.05) is 0 Å². The minimum absolute atomic E-state index is 0.143. The third kappa shape index (κ3) is 4.40. The molecule has 4 nitrogen and oxygen atoms in total. The highest BCUT2D eigenvalue weighted by atomic mass is 32.1. The lowest BCUT2D eigenvalue weighted by Crippen LogP contribution is -2.09. The van der Waals surface area contributed by atoms with E-state index in [0.717, 1.165) is 23.5 Å². The second-order valence-corrected chi connectivity index (χ2v) is 8.48. The number of rotatable bonds is 3. The van der Waals surface area contributed by atoms with Crippen LogP contribution in [-0.2, 0) is 12.8 Å². The normalized spacial score (nSPS) is 12.9.